The first kappa shape index (κ1) is 22.1. The molecule has 0 aliphatic rings. The van der Waals surface area contributed by atoms with Crippen molar-refractivity contribution in [2.45, 2.75) is 30.8 Å². The molecule has 0 atom stereocenters. The Hall–Kier alpha value is -2.64. The molecule has 0 saturated carbocycles. The predicted octanol–water partition coefficient (Wildman–Crippen LogP) is 4.59. The molecular formula is C22H24ClN5OS. The number of hydrogen-bond donors (Lipinski definition) is 1. The summed E-state index contributed by atoms with van der Waals surface area (Å²) in [4.78, 5) is 27.7. The molecule has 0 aliphatic heterocycles. The van der Waals surface area contributed by atoms with Gasteiger partial charge >= 0.3 is 0 Å². The van der Waals surface area contributed by atoms with Crippen LogP contribution in [0, 0.1) is 0 Å². The molecular weight excluding hydrogens is 418 g/mol. The third-order valence-corrected chi connectivity index (χ3v) is 5.44. The molecule has 0 spiro atoms. The highest BCUT2D eigenvalue weighted by atomic mass is 35.5. The summed E-state index contributed by atoms with van der Waals surface area (Å²) in [6.07, 6.45) is 2.73. The summed E-state index contributed by atoms with van der Waals surface area (Å²) < 4.78 is 0. The van der Waals surface area contributed by atoms with Gasteiger partial charge in [0.2, 0.25) is 0 Å². The summed E-state index contributed by atoms with van der Waals surface area (Å²) in [7, 11) is 1.99. The fourth-order valence-corrected chi connectivity index (χ4v) is 3.85. The van der Waals surface area contributed by atoms with Crippen LogP contribution in [-0.4, -0.2) is 34.5 Å². The molecule has 1 aromatic carbocycles. The molecule has 3 rings (SSSR count). The number of thioether (sulfide) groups is 1. The zero-order valence-electron chi connectivity index (χ0n) is 17.0. The lowest BCUT2D eigenvalue weighted by Crippen LogP contribution is -2.23. The van der Waals surface area contributed by atoms with E-state index >= 15 is 0 Å². The molecule has 0 bridgehead atoms. The van der Waals surface area contributed by atoms with Crippen LogP contribution in [-0.2, 0) is 12.3 Å². The molecule has 0 radical (unpaired) electrons. The van der Waals surface area contributed by atoms with E-state index in [1.807, 2.05) is 43.4 Å². The van der Waals surface area contributed by atoms with Gasteiger partial charge in [0.05, 0.1) is 12.2 Å². The van der Waals surface area contributed by atoms with Gasteiger partial charge in [0.1, 0.15) is 11.0 Å². The van der Waals surface area contributed by atoms with E-state index in [0.29, 0.717) is 28.2 Å². The Kier molecular flexibility index (Phi) is 8.04. The molecule has 2 heterocycles. The summed E-state index contributed by atoms with van der Waals surface area (Å²) in [5.41, 5.74) is 2.44. The Labute approximate surface area is 186 Å². The lowest BCUT2D eigenvalue weighted by Gasteiger charge is -2.17. The number of pyridine rings is 1. The van der Waals surface area contributed by atoms with Crippen molar-refractivity contribution in [1.82, 2.24) is 20.3 Å². The minimum absolute atomic E-state index is 0.130. The first-order chi connectivity index (χ1) is 14.5. The van der Waals surface area contributed by atoms with E-state index in [0.717, 1.165) is 30.0 Å². The monoisotopic (exact) mass is 441 g/mol. The van der Waals surface area contributed by atoms with Crippen molar-refractivity contribution in [3.8, 4) is 0 Å². The van der Waals surface area contributed by atoms with Crippen molar-refractivity contribution < 1.29 is 4.79 Å². The molecule has 6 nitrogen and oxygen atoms in total. The van der Waals surface area contributed by atoms with Gasteiger partial charge < -0.3 is 10.2 Å². The van der Waals surface area contributed by atoms with Crippen LogP contribution in [0.3, 0.4) is 0 Å². The average molecular weight is 442 g/mol. The molecule has 156 valence electrons. The zero-order valence-corrected chi connectivity index (χ0v) is 18.6. The Morgan fingerprint density at radius 1 is 1.17 bits per heavy atom. The van der Waals surface area contributed by atoms with E-state index in [4.69, 9.17) is 11.6 Å². The Bertz CT molecular complexity index is 986. The maximum absolute atomic E-state index is 12.5. The number of aromatic nitrogens is 3. The van der Waals surface area contributed by atoms with Crippen molar-refractivity contribution >= 4 is 35.1 Å². The van der Waals surface area contributed by atoms with Gasteiger partial charge in [-0.2, -0.15) is 0 Å². The topological polar surface area (TPSA) is 71.0 Å². The van der Waals surface area contributed by atoms with Crippen LogP contribution in [0.1, 0.15) is 35.0 Å². The van der Waals surface area contributed by atoms with E-state index in [-0.39, 0.29) is 5.91 Å². The third kappa shape index (κ3) is 6.43. The summed E-state index contributed by atoms with van der Waals surface area (Å²) >= 11 is 7.67. The highest BCUT2D eigenvalue weighted by molar-refractivity contribution is 7.98. The molecule has 0 saturated heterocycles. The van der Waals surface area contributed by atoms with Gasteiger partial charge in [0, 0.05) is 37.2 Å². The fourth-order valence-electron chi connectivity index (χ4n) is 2.82. The first-order valence-corrected chi connectivity index (χ1v) is 11.1. The highest BCUT2D eigenvalue weighted by Crippen LogP contribution is 2.24. The van der Waals surface area contributed by atoms with E-state index in [2.05, 4.69) is 32.1 Å². The standard InChI is InChI=1S/C22H24ClN5OS/c1-3-11-28(2)20-13-19(23)26-22(27-20)30-15-16-7-6-8-17(12-16)21(29)25-14-18-9-4-5-10-24-18/h4-10,12-13H,3,11,14-15H2,1-2H3,(H,25,29). The number of hydrogen-bond acceptors (Lipinski definition) is 6. The van der Waals surface area contributed by atoms with Gasteiger partial charge in [-0.15, -0.1) is 0 Å². The maximum atomic E-state index is 12.5. The van der Waals surface area contributed by atoms with Crippen LogP contribution in [0.15, 0.2) is 59.9 Å². The van der Waals surface area contributed by atoms with Gasteiger partial charge in [0.15, 0.2) is 5.16 Å². The third-order valence-electron chi connectivity index (χ3n) is 4.32. The minimum atomic E-state index is -0.130. The van der Waals surface area contributed by atoms with Gasteiger partial charge in [-0.1, -0.05) is 48.5 Å². The second kappa shape index (κ2) is 10.9. The number of nitrogens with one attached hydrogen (secondary N) is 1. The van der Waals surface area contributed by atoms with Crippen LogP contribution in [0.4, 0.5) is 5.82 Å². The number of nitrogens with zero attached hydrogens (tertiary/aromatic N) is 4. The van der Waals surface area contributed by atoms with Crippen LogP contribution >= 0.6 is 23.4 Å². The smallest absolute Gasteiger partial charge is 0.251 e. The summed E-state index contributed by atoms with van der Waals surface area (Å²) in [5, 5.41) is 3.94. The Balaban J connectivity index is 1.62. The van der Waals surface area contributed by atoms with Gasteiger partial charge in [-0.05, 0) is 36.2 Å². The largest absolute Gasteiger partial charge is 0.360 e. The van der Waals surface area contributed by atoms with E-state index in [1.165, 1.54) is 11.8 Å². The molecule has 0 aliphatic carbocycles. The first-order valence-electron chi connectivity index (χ1n) is 9.70. The van der Waals surface area contributed by atoms with Crippen LogP contribution < -0.4 is 10.2 Å². The normalized spacial score (nSPS) is 10.6. The molecule has 0 unspecified atom stereocenters. The van der Waals surface area contributed by atoms with Gasteiger partial charge in [-0.25, -0.2) is 9.97 Å². The fraction of sp³-hybridized carbons (Fsp3) is 0.273. The average Bonchev–Trinajstić information content (AvgIpc) is 2.77. The predicted molar refractivity (Wildman–Crippen MR) is 122 cm³/mol. The van der Waals surface area contributed by atoms with Crippen LogP contribution in [0.5, 0.6) is 0 Å². The minimum Gasteiger partial charge on any atom is -0.360 e. The second-order valence-electron chi connectivity index (χ2n) is 6.75. The number of carbonyl (C=O) groups excluding carboxylic acids is 1. The van der Waals surface area contributed by atoms with Gasteiger partial charge in [0.25, 0.3) is 5.91 Å². The molecule has 2 aromatic heterocycles. The lowest BCUT2D eigenvalue weighted by atomic mass is 10.1. The number of carbonyl (C=O) groups is 1. The maximum Gasteiger partial charge on any atom is 0.251 e. The highest BCUT2D eigenvalue weighted by Gasteiger charge is 2.10. The summed E-state index contributed by atoms with van der Waals surface area (Å²) in [6.45, 7) is 3.41. The molecule has 30 heavy (non-hydrogen) atoms. The SMILES string of the molecule is CCCN(C)c1cc(Cl)nc(SCc2cccc(C(=O)NCc3ccccn3)c2)n1. The quantitative estimate of drug-likeness (QED) is 0.297. The number of benzene rings is 1. The summed E-state index contributed by atoms with van der Waals surface area (Å²) in [5.74, 6) is 1.32. The Morgan fingerprint density at radius 2 is 2.03 bits per heavy atom. The number of halogens is 1. The Morgan fingerprint density at radius 3 is 2.80 bits per heavy atom. The van der Waals surface area contributed by atoms with E-state index < -0.39 is 0 Å². The number of amides is 1. The van der Waals surface area contributed by atoms with Crippen LogP contribution in [0.2, 0.25) is 5.15 Å². The molecule has 1 N–H and O–H groups in total. The van der Waals surface area contributed by atoms with Crippen molar-refractivity contribution in [3.63, 3.8) is 0 Å². The van der Waals surface area contributed by atoms with Crippen LogP contribution in [0.25, 0.3) is 0 Å². The number of anilines is 1. The molecule has 8 heteroatoms. The van der Waals surface area contributed by atoms with Crippen molar-refractivity contribution in [3.05, 3.63) is 76.7 Å². The number of rotatable bonds is 9. The second-order valence-corrected chi connectivity index (χ2v) is 8.08. The molecule has 1 amide bonds. The molecule has 3 aromatic rings. The van der Waals surface area contributed by atoms with Gasteiger partial charge in [-0.3, -0.25) is 9.78 Å². The zero-order chi connectivity index (χ0) is 21.3. The van der Waals surface area contributed by atoms with E-state index in [9.17, 15) is 4.79 Å². The summed E-state index contributed by atoms with van der Waals surface area (Å²) in [6, 6.07) is 14.9. The van der Waals surface area contributed by atoms with Crippen molar-refractivity contribution in [2.75, 3.05) is 18.5 Å². The lowest BCUT2D eigenvalue weighted by molar-refractivity contribution is 0.0950. The molecule has 0 fully saturated rings. The van der Waals surface area contributed by atoms with E-state index in [1.54, 1.807) is 18.3 Å². The van der Waals surface area contributed by atoms with Crippen molar-refractivity contribution in [2.24, 2.45) is 0 Å². The van der Waals surface area contributed by atoms with Crippen molar-refractivity contribution in [1.29, 1.82) is 0 Å².